The zero-order valence-corrected chi connectivity index (χ0v) is 10.4. The summed E-state index contributed by atoms with van der Waals surface area (Å²) in [6.45, 7) is 3.84. The van der Waals surface area contributed by atoms with E-state index >= 15 is 0 Å². The molecular weight excluding hydrogens is 230 g/mol. The molecule has 0 spiro atoms. The molecule has 0 aromatic carbocycles. The lowest BCUT2D eigenvalue weighted by Gasteiger charge is -2.10. The smallest absolute Gasteiger partial charge is 0.321 e. The lowest BCUT2D eigenvalue weighted by atomic mass is 10.2. The van der Waals surface area contributed by atoms with E-state index < -0.39 is 0 Å². The summed E-state index contributed by atoms with van der Waals surface area (Å²) in [7, 11) is 0. The Bertz CT molecular complexity index is 488. The lowest BCUT2D eigenvalue weighted by Crippen LogP contribution is -2.17. The lowest BCUT2D eigenvalue weighted by molar-refractivity contribution is 0.413. The van der Waals surface area contributed by atoms with Gasteiger partial charge in [-0.1, -0.05) is 12.1 Å². The van der Waals surface area contributed by atoms with Crippen LogP contribution in [0.3, 0.4) is 0 Å². The van der Waals surface area contributed by atoms with Crippen LogP contribution in [0.2, 0.25) is 0 Å². The number of anilines is 1. The Morgan fingerprint density at radius 2 is 2.44 bits per heavy atom. The predicted molar refractivity (Wildman–Crippen MR) is 66.2 cm³/mol. The first-order valence-electron chi connectivity index (χ1n) is 6.36. The van der Waals surface area contributed by atoms with Crippen LogP contribution in [0, 0.1) is 5.92 Å². The van der Waals surface area contributed by atoms with Crippen LogP contribution in [0.5, 0.6) is 0 Å². The van der Waals surface area contributed by atoms with Gasteiger partial charge in [0.15, 0.2) is 5.82 Å². The molecule has 18 heavy (non-hydrogen) atoms. The molecule has 1 aliphatic rings. The van der Waals surface area contributed by atoms with Crippen molar-refractivity contribution in [2.24, 2.45) is 5.92 Å². The van der Waals surface area contributed by atoms with Gasteiger partial charge in [-0.15, -0.1) is 0 Å². The second-order valence-corrected chi connectivity index (χ2v) is 4.95. The first-order valence-corrected chi connectivity index (χ1v) is 6.36. The molecule has 96 valence electrons. The van der Waals surface area contributed by atoms with Crippen molar-refractivity contribution >= 4 is 6.01 Å². The van der Waals surface area contributed by atoms with Crippen LogP contribution in [0.25, 0.3) is 0 Å². The number of hydrogen-bond donors (Lipinski definition) is 1. The summed E-state index contributed by atoms with van der Waals surface area (Å²) >= 11 is 0. The molecule has 1 saturated carbocycles. The molecule has 0 unspecified atom stereocenters. The van der Waals surface area contributed by atoms with Crippen molar-refractivity contribution in [2.45, 2.75) is 32.2 Å². The third-order valence-electron chi connectivity index (χ3n) is 3.04. The molecule has 6 nitrogen and oxygen atoms in total. The first-order chi connectivity index (χ1) is 8.81. The van der Waals surface area contributed by atoms with Crippen molar-refractivity contribution in [3.05, 3.63) is 24.3 Å². The highest BCUT2D eigenvalue weighted by molar-refractivity contribution is 5.20. The maximum Gasteiger partial charge on any atom is 0.321 e. The third-order valence-corrected chi connectivity index (χ3v) is 3.04. The maximum atomic E-state index is 5.16. The molecule has 1 N–H and O–H groups in total. The molecule has 2 aromatic heterocycles. The molecule has 2 heterocycles. The molecule has 6 heteroatoms. The summed E-state index contributed by atoms with van der Waals surface area (Å²) in [5.74, 6) is 1.82. The van der Waals surface area contributed by atoms with Crippen molar-refractivity contribution in [2.75, 3.05) is 11.9 Å². The van der Waals surface area contributed by atoms with Crippen molar-refractivity contribution in [3.8, 4) is 0 Å². The van der Waals surface area contributed by atoms with Crippen LogP contribution < -0.4 is 5.32 Å². The molecule has 0 bridgehead atoms. The number of rotatable bonds is 6. The molecule has 0 aliphatic heterocycles. The Balaban J connectivity index is 1.47. The van der Waals surface area contributed by atoms with Crippen molar-refractivity contribution in [3.63, 3.8) is 0 Å². The van der Waals surface area contributed by atoms with Gasteiger partial charge in [0.2, 0.25) is 0 Å². The monoisotopic (exact) mass is 247 g/mol. The maximum absolute atomic E-state index is 5.16. The fourth-order valence-electron chi connectivity index (χ4n) is 1.87. The molecule has 3 rings (SSSR count). The Labute approximate surface area is 105 Å². The van der Waals surface area contributed by atoms with Gasteiger partial charge in [0.05, 0.1) is 0 Å². The minimum absolute atomic E-state index is 0.446. The highest BCUT2D eigenvalue weighted by Crippen LogP contribution is 2.38. The molecule has 0 saturated heterocycles. The van der Waals surface area contributed by atoms with E-state index in [1.54, 1.807) is 6.20 Å². The molecule has 1 fully saturated rings. The van der Waals surface area contributed by atoms with Crippen molar-refractivity contribution in [1.29, 1.82) is 0 Å². The zero-order valence-electron chi connectivity index (χ0n) is 10.4. The van der Waals surface area contributed by atoms with Gasteiger partial charge in [-0.25, -0.2) is 0 Å². The van der Waals surface area contributed by atoms with Gasteiger partial charge in [-0.3, -0.25) is 4.68 Å². The Morgan fingerprint density at radius 3 is 3.17 bits per heavy atom. The SMILES string of the molecule is C[C@@H](CNc1nc(C2CC2)no1)Cn1cccn1. The normalized spacial score (nSPS) is 16.7. The summed E-state index contributed by atoms with van der Waals surface area (Å²) in [5, 5.41) is 11.3. The van der Waals surface area contributed by atoms with Gasteiger partial charge < -0.3 is 9.84 Å². The first kappa shape index (κ1) is 11.3. The molecular formula is C12H17N5O. The van der Waals surface area contributed by atoms with E-state index in [1.165, 1.54) is 12.8 Å². The average molecular weight is 247 g/mol. The topological polar surface area (TPSA) is 68.8 Å². The van der Waals surface area contributed by atoms with E-state index in [-0.39, 0.29) is 0 Å². The fraction of sp³-hybridized carbons (Fsp3) is 0.583. The van der Waals surface area contributed by atoms with E-state index in [1.807, 2.05) is 16.9 Å². The van der Waals surface area contributed by atoms with Crippen LogP contribution in [-0.2, 0) is 6.54 Å². The second-order valence-electron chi connectivity index (χ2n) is 4.95. The standard InChI is InChI=1S/C12H17N5O/c1-9(8-17-6-2-5-14-17)7-13-12-15-11(16-18-12)10-3-4-10/h2,5-6,9-10H,3-4,7-8H2,1H3,(H,13,15,16)/t9-/m0/s1. The third kappa shape index (κ3) is 2.69. The molecule has 0 amide bonds. The van der Waals surface area contributed by atoms with Crippen LogP contribution in [0.15, 0.2) is 23.0 Å². The fourth-order valence-corrected chi connectivity index (χ4v) is 1.87. The van der Waals surface area contributed by atoms with Crippen LogP contribution >= 0.6 is 0 Å². The number of nitrogens with zero attached hydrogens (tertiary/aromatic N) is 4. The average Bonchev–Trinajstić information content (AvgIpc) is 2.90. The summed E-state index contributed by atoms with van der Waals surface area (Å²) in [5.41, 5.74) is 0. The summed E-state index contributed by atoms with van der Waals surface area (Å²) in [6, 6.07) is 2.46. The quantitative estimate of drug-likeness (QED) is 0.844. The van der Waals surface area contributed by atoms with Gasteiger partial charge in [-0.2, -0.15) is 10.1 Å². The van der Waals surface area contributed by atoms with Gasteiger partial charge in [0.1, 0.15) is 0 Å². The van der Waals surface area contributed by atoms with Crippen molar-refractivity contribution < 1.29 is 4.52 Å². The second kappa shape index (κ2) is 4.80. The minimum Gasteiger partial charge on any atom is -0.337 e. The van der Waals surface area contributed by atoms with Crippen LogP contribution in [0.1, 0.15) is 31.5 Å². The van der Waals surface area contributed by atoms with E-state index in [4.69, 9.17) is 4.52 Å². The largest absolute Gasteiger partial charge is 0.337 e. The van der Waals surface area contributed by atoms with Crippen LogP contribution in [0.4, 0.5) is 6.01 Å². The summed E-state index contributed by atoms with van der Waals surface area (Å²) < 4.78 is 7.08. The Morgan fingerprint density at radius 1 is 1.56 bits per heavy atom. The minimum atomic E-state index is 0.446. The number of nitrogens with one attached hydrogen (secondary N) is 1. The molecule has 1 atom stereocenters. The predicted octanol–water partition coefficient (Wildman–Crippen LogP) is 1.89. The molecule has 0 radical (unpaired) electrons. The number of aromatic nitrogens is 4. The summed E-state index contributed by atoms with van der Waals surface area (Å²) in [4.78, 5) is 4.33. The zero-order chi connectivity index (χ0) is 12.4. The van der Waals surface area contributed by atoms with Gasteiger partial charge >= 0.3 is 6.01 Å². The summed E-state index contributed by atoms with van der Waals surface area (Å²) in [6.07, 6.45) is 6.14. The van der Waals surface area contributed by atoms with Crippen molar-refractivity contribution in [1.82, 2.24) is 19.9 Å². The Kier molecular flexibility index (Phi) is 3.00. The Hall–Kier alpha value is -1.85. The van der Waals surface area contributed by atoms with Gasteiger partial charge in [0, 0.05) is 31.4 Å². The van der Waals surface area contributed by atoms with E-state index in [9.17, 15) is 0 Å². The molecule has 2 aromatic rings. The van der Waals surface area contributed by atoms with Gasteiger partial charge in [0.25, 0.3) is 0 Å². The van der Waals surface area contributed by atoms with E-state index in [0.29, 0.717) is 17.9 Å². The highest BCUT2D eigenvalue weighted by Gasteiger charge is 2.28. The molecule has 1 aliphatic carbocycles. The van der Waals surface area contributed by atoms with Gasteiger partial charge in [-0.05, 0) is 24.8 Å². The van der Waals surface area contributed by atoms with E-state index in [2.05, 4.69) is 27.5 Å². The number of hydrogen-bond acceptors (Lipinski definition) is 5. The highest BCUT2D eigenvalue weighted by atomic mass is 16.5. The van der Waals surface area contributed by atoms with Crippen LogP contribution in [-0.4, -0.2) is 26.5 Å². The van der Waals surface area contributed by atoms with E-state index in [0.717, 1.165) is 18.9 Å².